The summed E-state index contributed by atoms with van der Waals surface area (Å²) in [5.74, 6) is -0.337. The summed E-state index contributed by atoms with van der Waals surface area (Å²) in [6.45, 7) is 5.63. The number of nitrogens with one attached hydrogen (secondary N) is 1. The van der Waals surface area contributed by atoms with Gasteiger partial charge in [0.1, 0.15) is 0 Å². The van der Waals surface area contributed by atoms with Crippen LogP contribution >= 0.6 is 25.3 Å². The fraction of sp³-hybridized carbons (Fsp3) is 0.889. The normalized spacial score (nSPS) is 19.6. The van der Waals surface area contributed by atoms with Crippen LogP contribution in [0.2, 0.25) is 0 Å². The number of aliphatic hydroxyl groups excluding tert-OH is 1. The minimum absolute atomic E-state index is 0.0449. The monoisotopic (exact) mass is 237 g/mol. The Morgan fingerprint density at radius 2 is 1.71 bits per heavy atom. The molecule has 0 aromatic heterocycles. The summed E-state index contributed by atoms with van der Waals surface area (Å²) in [4.78, 5) is 11.6. The van der Waals surface area contributed by atoms with Gasteiger partial charge >= 0.3 is 0 Å². The fourth-order valence-corrected chi connectivity index (χ4v) is 2.13. The lowest BCUT2D eigenvalue weighted by molar-refractivity contribution is -0.125. The number of aliphatic hydroxyl groups is 1. The summed E-state index contributed by atoms with van der Waals surface area (Å²) in [5.41, 5.74) is 0. The van der Waals surface area contributed by atoms with E-state index < -0.39 is 6.10 Å². The molecule has 0 radical (unpaired) electrons. The maximum atomic E-state index is 11.6. The largest absolute Gasteiger partial charge is 0.392 e. The van der Waals surface area contributed by atoms with Gasteiger partial charge in [0.05, 0.1) is 12.0 Å². The van der Waals surface area contributed by atoms with Gasteiger partial charge in [0.15, 0.2) is 0 Å². The molecule has 3 nitrogen and oxygen atoms in total. The first-order valence-electron chi connectivity index (χ1n) is 4.68. The Bertz CT molecular complexity index is 176. The Hall–Kier alpha value is 0.130. The highest BCUT2D eigenvalue weighted by molar-refractivity contribution is 7.82. The van der Waals surface area contributed by atoms with E-state index in [2.05, 4.69) is 30.6 Å². The van der Waals surface area contributed by atoms with E-state index in [-0.39, 0.29) is 28.9 Å². The van der Waals surface area contributed by atoms with Gasteiger partial charge in [-0.25, -0.2) is 0 Å². The fourth-order valence-electron chi connectivity index (χ4n) is 1.21. The second kappa shape index (κ2) is 6.58. The molecule has 0 aromatic carbocycles. The molecule has 84 valence electrons. The molecule has 3 unspecified atom stereocenters. The van der Waals surface area contributed by atoms with Crippen LogP contribution in [0.3, 0.4) is 0 Å². The second-order valence-electron chi connectivity index (χ2n) is 3.60. The first-order valence-corrected chi connectivity index (χ1v) is 5.71. The van der Waals surface area contributed by atoms with E-state index in [9.17, 15) is 4.79 Å². The predicted octanol–water partition coefficient (Wildman–Crippen LogP) is 0.736. The van der Waals surface area contributed by atoms with E-state index in [0.29, 0.717) is 0 Å². The number of rotatable bonds is 5. The molecule has 0 saturated carbocycles. The number of carbonyl (C=O) groups is 1. The van der Waals surface area contributed by atoms with Gasteiger partial charge in [-0.15, -0.1) is 0 Å². The molecule has 0 aliphatic heterocycles. The minimum Gasteiger partial charge on any atom is -0.392 e. The van der Waals surface area contributed by atoms with E-state index in [1.165, 1.54) is 0 Å². The molecule has 0 saturated heterocycles. The molecule has 0 fully saturated rings. The molecule has 0 aliphatic carbocycles. The van der Waals surface area contributed by atoms with Crippen molar-refractivity contribution in [1.29, 1.82) is 0 Å². The first kappa shape index (κ1) is 14.1. The van der Waals surface area contributed by atoms with Crippen LogP contribution in [-0.2, 0) is 4.79 Å². The van der Waals surface area contributed by atoms with Gasteiger partial charge in [-0.3, -0.25) is 4.79 Å². The Morgan fingerprint density at radius 1 is 1.29 bits per heavy atom. The van der Waals surface area contributed by atoms with E-state index in [1.54, 1.807) is 6.92 Å². The van der Waals surface area contributed by atoms with Crippen molar-refractivity contribution in [3.63, 3.8) is 0 Å². The highest BCUT2D eigenvalue weighted by Crippen LogP contribution is 2.18. The van der Waals surface area contributed by atoms with E-state index in [4.69, 9.17) is 5.11 Å². The van der Waals surface area contributed by atoms with Gasteiger partial charge < -0.3 is 10.4 Å². The SMILES string of the molecule is CC(O)CNC(=O)C(C(C)S)C(C)S. The Morgan fingerprint density at radius 3 is 2.00 bits per heavy atom. The molecule has 0 bridgehead atoms. The molecule has 2 N–H and O–H groups in total. The quantitative estimate of drug-likeness (QED) is 0.533. The molecular formula is C9H19NO2S2. The number of hydrogen-bond donors (Lipinski definition) is 4. The maximum Gasteiger partial charge on any atom is 0.225 e. The number of thiol groups is 2. The standard InChI is InChI=1S/C9H19NO2S2/c1-5(11)4-10-9(12)8(6(2)13)7(3)14/h5-8,11,13-14H,4H2,1-3H3,(H,10,12). The minimum atomic E-state index is -0.523. The molecule has 3 atom stereocenters. The highest BCUT2D eigenvalue weighted by atomic mass is 32.1. The van der Waals surface area contributed by atoms with Crippen LogP contribution in [0.4, 0.5) is 0 Å². The van der Waals surface area contributed by atoms with Crippen molar-refractivity contribution in [3.8, 4) is 0 Å². The Kier molecular flexibility index (Phi) is 6.64. The van der Waals surface area contributed by atoms with Crippen molar-refractivity contribution in [2.45, 2.75) is 37.4 Å². The van der Waals surface area contributed by atoms with Crippen molar-refractivity contribution in [2.75, 3.05) is 6.54 Å². The molecule has 0 heterocycles. The van der Waals surface area contributed by atoms with Crippen molar-refractivity contribution < 1.29 is 9.90 Å². The summed E-state index contributed by atoms with van der Waals surface area (Å²) in [6, 6.07) is 0. The van der Waals surface area contributed by atoms with E-state index in [0.717, 1.165) is 0 Å². The second-order valence-corrected chi connectivity index (χ2v) is 5.23. The van der Waals surface area contributed by atoms with Crippen molar-refractivity contribution in [2.24, 2.45) is 5.92 Å². The van der Waals surface area contributed by atoms with Gasteiger partial charge in [-0.2, -0.15) is 25.3 Å². The highest BCUT2D eigenvalue weighted by Gasteiger charge is 2.26. The summed E-state index contributed by atoms with van der Waals surface area (Å²) in [5, 5.41) is 11.6. The molecule has 0 spiro atoms. The summed E-state index contributed by atoms with van der Waals surface area (Å²) in [6.07, 6.45) is -0.523. The summed E-state index contributed by atoms with van der Waals surface area (Å²) < 4.78 is 0. The van der Waals surface area contributed by atoms with Crippen molar-refractivity contribution >= 4 is 31.2 Å². The lowest BCUT2D eigenvalue weighted by Crippen LogP contribution is -2.41. The van der Waals surface area contributed by atoms with Gasteiger partial charge in [0.2, 0.25) is 5.91 Å². The van der Waals surface area contributed by atoms with Gasteiger partial charge in [-0.1, -0.05) is 13.8 Å². The number of carbonyl (C=O) groups excluding carboxylic acids is 1. The van der Waals surface area contributed by atoms with Crippen molar-refractivity contribution in [1.82, 2.24) is 5.32 Å². The van der Waals surface area contributed by atoms with Crippen molar-refractivity contribution in [3.05, 3.63) is 0 Å². The predicted molar refractivity (Wildman–Crippen MR) is 65.1 cm³/mol. The molecule has 14 heavy (non-hydrogen) atoms. The van der Waals surface area contributed by atoms with Crippen LogP contribution in [0.5, 0.6) is 0 Å². The van der Waals surface area contributed by atoms with Crippen LogP contribution in [0.1, 0.15) is 20.8 Å². The summed E-state index contributed by atoms with van der Waals surface area (Å²) in [7, 11) is 0. The van der Waals surface area contributed by atoms with E-state index in [1.807, 2.05) is 13.8 Å². The first-order chi connectivity index (χ1) is 6.36. The van der Waals surface area contributed by atoms with E-state index >= 15 is 0 Å². The Labute approximate surface area is 96.5 Å². The third-order valence-corrected chi connectivity index (χ3v) is 2.56. The van der Waals surface area contributed by atoms with Crippen LogP contribution < -0.4 is 5.32 Å². The lowest BCUT2D eigenvalue weighted by atomic mass is 10.0. The third-order valence-electron chi connectivity index (χ3n) is 1.91. The average Bonchev–Trinajstić information content (AvgIpc) is 1.99. The number of hydrogen-bond acceptors (Lipinski definition) is 4. The zero-order valence-corrected chi connectivity index (χ0v) is 10.6. The molecule has 0 aromatic rings. The third kappa shape index (κ3) is 5.12. The molecule has 1 amide bonds. The van der Waals surface area contributed by atoms with Gasteiger partial charge in [0, 0.05) is 17.0 Å². The smallest absolute Gasteiger partial charge is 0.225 e. The van der Waals surface area contributed by atoms with Crippen LogP contribution in [0.25, 0.3) is 0 Å². The zero-order chi connectivity index (χ0) is 11.3. The van der Waals surface area contributed by atoms with Crippen LogP contribution in [0, 0.1) is 5.92 Å². The lowest BCUT2D eigenvalue weighted by Gasteiger charge is -2.22. The molecule has 5 heteroatoms. The molecule has 0 aliphatic rings. The average molecular weight is 237 g/mol. The molecule has 0 rings (SSSR count). The topological polar surface area (TPSA) is 49.3 Å². The van der Waals surface area contributed by atoms with Gasteiger partial charge in [0.25, 0.3) is 0 Å². The van der Waals surface area contributed by atoms with Crippen LogP contribution in [-0.4, -0.2) is 34.2 Å². The summed E-state index contributed by atoms with van der Waals surface area (Å²) >= 11 is 8.49. The Balaban J connectivity index is 4.17. The van der Waals surface area contributed by atoms with Gasteiger partial charge in [-0.05, 0) is 6.92 Å². The number of amides is 1. The zero-order valence-electron chi connectivity index (χ0n) is 8.77. The molecular weight excluding hydrogens is 218 g/mol. The van der Waals surface area contributed by atoms with Crippen LogP contribution in [0.15, 0.2) is 0 Å². The maximum absolute atomic E-state index is 11.6.